The van der Waals surface area contributed by atoms with E-state index in [0.29, 0.717) is 6.42 Å². The fraction of sp³-hybridized carbons (Fsp3) is 0.444. The van der Waals surface area contributed by atoms with Gasteiger partial charge in [-0.1, -0.05) is 24.3 Å². The molecule has 1 aromatic carbocycles. The molecule has 14 nitrogen and oxygen atoms in total. The maximum Gasteiger partial charge on any atom is 0.481 e. The van der Waals surface area contributed by atoms with Gasteiger partial charge < -0.3 is 29.6 Å². The first-order valence-electron chi connectivity index (χ1n) is 9.91. The summed E-state index contributed by atoms with van der Waals surface area (Å²) in [5.74, 6) is 0. The maximum absolute atomic E-state index is 12.9. The monoisotopic (exact) mass is 522 g/mol. The van der Waals surface area contributed by atoms with Gasteiger partial charge in [0.2, 0.25) is 0 Å². The quantitative estimate of drug-likeness (QED) is 0.262. The summed E-state index contributed by atoms with van der Waals surface area (Å²) in [6.07, 6.45) is -4.91. The SMILES string of the molecule is Cc1ccccc1CCn1c(=O)ccn([C@@H]2O[C@H](COP(=O)(O)OP(=O)(O)O)[C@H](O)C2O)c1=O. The number of nitrogens with zero attached hydrogens (tertiary/aromatic N) is 2. The van der Waals surface area contributed by atoms with Crippen LogP contribution in [0.15, 0.2) is 46.1 Å². The zero-order valence-electron chi connectivity index (χ0n) is 17.8. The van der Waals surface area contributed by atoms with Gasteiger partial charge >= 0.3 is 21.3 Å². The van der Waals surface area contributed by atoms with Crippen LogP contribution in [0.1, 0.15) is 17.4 Å². The van der Waals surface area contributed by atoms with Crippen LogP contribution in [0.25, 0.3) is 0 Å². The molecule has 1 fully saturated rings. The molecule has 0 aliphatic carbocycles. The number of aliphatic hydroxyl groups excluding tert-OH is 2. The van der Waals surface area contributed by atoms with Crippen LogP contribution in [0.2, 0.25) is 0 Å². The van der Waals surface area contributed by atoms with Gasteiger partial charge in [-0.25, -0.2) is 13.9 Å². The lowest BCUT2D eigenvalue weighted by molar-refractivity contribution is -0.0548. The van der Waals surface area contributed by atoms with Crippen molar-refractivity contribution in [2.75, 3.05) is 6.61 Å². The third-order valence-electron chi connectivity index (χ3n) is 5.18. The molecule has 3 rings (SSSR count). The number of hydrogen-bond acceptors (Lipinski definition) is 9. The van der Waals surface area contributed by atoms with Crippen LogP contribution in [-0.2, 0) is 35.7 Å². The summed E-state index contributed by atoms with van der Waals surface area (Å²) in [5, 5.41) is 20.6. The summed E-state index contributed by atoms with van der Waals surface area (Å²) in [6.45, 7) is 1.02. The van der Waals surface area contributed by atoms with E-state index in [4.69, 9.17) is 14.5 Å². The van der Waals surface area contributed by atoms with Crippen LogP contribution in [0, 0.1) is 6.92 Å². The van der Waals surface area contributed by atoms with Gasteiger partial charge in [0.05, 0.1) is 6.61 Å². The zero-order chi connectivity index (χ0) is 25.3. The third kappa shape index (κ3) is 6.37. The summed E-state index contributed by atoms with van der Waals surface area (Å²) in [6, 6.07) is 8.53. The van der Waals surface area contributed by atoms with Crippen molar-refractivity contribution in [2.24, 2.45) is 0 Å². The average molecular weight is 522 g/mol. The second-order valence-electron chi connectivity index (χ2n) is 7.55. The number of hydrogen-bond donors (Lipinski definition) is 5. The van der Waals surface area contributed by atoms with E-state index in [1.54, 1.807) is 0 Å². The zero-order valence-corrected chi connectivity index (χ0v) is 19.6. The largest absolute Gasteiger partial charge is 0.481 e. The lowest BCUT2D eigenvalue weighted by Crippen LogP contribution is -2.43. The predicted octanol–water partition coefficient (Wildman–Crippen LogP) is -0.593. The Morgan fingerprint density at radius 2 is 1.74 bits per heavy atom. The molecule has 1 aliphatic rings. The highest BCUT2D eigenvalue weighted by molar-refractivity contribution is 7.60. The second-order valence-corrected chi connectivity index (χ2v) is 10.4. The Kier molecular flexibility index (Phi) is 8.10. The Morgan fingerprint density at radius 1 is 1.06 bits per heavy atom. The number of rotatable bonds is 9. The summed E-state index contributed by atoms with van der Waals surface area (Å²) in [4.78, 5) is 51.9. The van der Waals surface area contributed by atoms with Crippen LogP contribution < -0.4 is 11.2 Å². The van der Waals surface area contributed by atoms with Crippen LogP contribution in [0.4, 0.5) is 0 Å². The molecule has 34 heavy (non-hydrogen) atoms. The van der Waals surface area contributed by atoms with E-state index in [-0.39, 0.29) is 6.54 Å². The molecule has 0 radical (unpaired) electrons. The van der Waals surface area contributed by atoms with Gasteiger partial charge in [0.25, 0.3) is 5.56 Å². The number of benzene rings is 1. The molecule has 0 amide bonds. The van der Waals surface area contributed by atoms with Crippen molar-refractivity contribution in [1.82, 2.24) is 9.13 Å². The molecule has 5 atom stereocenters. The Bertz CT molecular complexity index is 1240. The van der Waals surface area contributed by atoms with Gasteiger partial charge in [0.15, 0.2) is 6.23 Å². The van der Waals surface area contributed by atoms with Crippen molar-refractivity contribution < 1.29 is 47.6 Å². The molecule has 0 saturated carbocycles. The molecule has 16 heteroatoms. The smallest absolute Gasteiger partial charge is 0.387 e. The summed E-state index contributed by atoms with van der Waals surface area (Å²) in [7, 11) is -10.6. The van der Waals surface area contributed by atoms with E-state index in [0.717, 1.165) is 32.5 Å². The van der Waals surface area contributed by atoms with Crippen LogP contribution in [0.3, 0.4) is 0 Å². The highest BCUT2D eigenvalue weighted by Crippen LogP contribution is 2.57. The predicted molar refractivity (Wildman–Crippen MR) is 115 cm³/mol. The number of ether oxygens (including phenoxy) is 1. The van der Waals surface area contributed by atoms with E-state index in [1.165, 1.54) is 0 Å². The lowest BCUT2D eigenvalue weighted by atomic mass is 10.1. The first-order chi connectivity index (χ1) is 15.8. The molecule has 0 spiro atoms. The van der Waals surface area contributed by atoms with Crippen molar-refractivity contribution in [3.8, 4) is 0 Å². The Balaban J connectivity index is 1.76. The van der Waals surface area contributed by atoms with Crippen LogP contribution in [-0.4, -0.2) is 58.9 Å². The molecule has 5 N–H and O–H groups in total. The number of phosphoric acid groups is 2. The van der Waals surface area contributed by atoms with E-state index >= 15 is 0 Å². The van der Waals surface area contributed by atoms with Gasteiger partial charge in [-0.15, -0.1) is 0 Å². The fourth-order valence-electron chi connectivity index (χ4n) is 3.48. The molecule has 2 aromatic rings. The van der Waals surface area contributed by atoms with E-state index in [2.05, 4.69) is 8.83 Å². The third-order valence-corrected chi connectivity index (χ3v) is 7.34. The Hall–Kier alpha value is -1.96. The highest BCUT2D eigenvalue weighted by Gasteiger charge is 2.46. The molecule has 0 bridgehead atoms. The van der Waals surface area contributed by atoms with Gasteiger partial charge in [-0.3, -0.25) is 18.5 Å². The Labute approximate surface area is 192 Å². The topological polar surface area (TPSA) is 207 Å². The van der Waals surface area contributed by atoms with E-state index < -0.39 is 58.0 Å². The average Bonchev–Trinajstić information content (AvgIpc) is 3.00. The summed E-state index contributed by atoms with van der Waals surface area (Å²) >= 11 is 0. The molecule has 1 aromatic heterocycles. The standard InChI is InChI=1S/C18H24N2O12P2/c1-11-4-2-3-5-12(11)6-8-19-14(21)7-9-20(18(19)24)17-16(23)15(22)13(31-17)10-30-34(28,29)32-33(25,26)27/h2-5,7,9,13,15-17,22-23H,6,8,10H2,1H3,(H,28,29)(H2,25,26,27)/t13-,15+,16?,17-/m1/s1. The van der Waals surface area contributed by atoms with Gasteiger partial charge in [-0.2, -0.15) is 4.31 Å². The van der Waals surface area contributed by atoms with Crippen molar-refractivity contribution in [1.29, 1.82) is 0 Å². The summed E-state index contributed by atoms with van der Waals surface area (Å²) < 4.78 is 37.6. The molecular weight excluding hydrogens is 498 g/mol. The first-order valence-corrected chi connectivity index (χ1v) is 12.9. The molecule has 2 heterocycles. The van der Waals surface area contributed by atoms with E-state index in [9.17, 15) is 33.8 Å². The van der Waals surface area contributed by atoms with Crippen LogP contribution in [0.5, 0.6) is 0 Å². The minimum atomic E-state index is -5.35. The van der Waals surface area contributed by atoms with Crippen molar-refractivity contribution in [3.05, 3.63) is 68.5 Å². The van der Waals surface area contributed by atoms with Crippen molar-refractivity contribution in [2.45, 2.75) is 44.4 Å². The van der Waals surface area contributed by atoms with Gasteiger partial charge in [0.1, 0.15) is 18.3 Å². The minimum Gasteiger partial charge on any atom is -0.387 e. The summed E-state index contributed by atoms with van der Waals surface area (Å²) in [5.41, 5.74) is 0.506. The van der Waals surface area contributed by atoms with Crippen molar-refractivity contribution in [3.63, 3.8) is 0 Å². The molecule has 1 saturated heterocycles. The maximum atomic E-state index is 12.9. The number of aryl methyl sites for hydroxylation is 2. The van der Waals surface area contributed by atoms with Crippen molar-refractivity contribution >= 4 is 15.6 Å². The van der Waals surface area contributed by atoms with Crippen LogP contribution >= 0.6 is 15.6 Å². The highest BCUT2D eigenvalue weighted by atomic mass is 31.3. The second kappa shape index (κ2) is 10.3. The number of aliphatic hydroxyl groups is 2. The van der Waals surface area contributed by atoms with Gasteiger partial charge in [-0.05, 0) is 24.5 Å². The molecule has 188 valence electrons. The normalized spacial score (nSPS) is 24.8. The first kappa shape index (κ1) is 26.6. The number of aromatic nitrogens is 2. The lowest BCUT2D eigenvalue weighted by Gasteiger charge is -2.19. The molecular formula is C18H24N2O12P2. The number of phosphoric ester groups is 1. The molecule has 1 aliphatic heterocycles. The van der Waals surface area contributed by atoms with Gasteiger partial charge in [0, 0.05) is 18.8 Å². The minimum absolute atomic E-state index is 0.0364. The Morgan fingerprint density at radius 3 is 2.38 bits per heavy atom. The molecule has 2 unspecified atom stereocenters. The fourth-order valence-corrected chi connectivity index (χ4v) is 5.08. The van der Waals surface area contributed by atoms with E-state index in [1.807, 2.05) is 31.2 Å².